The zero-order valence-corrected chi connectivity index (χ0v) is 18.6. The Morgan fingerprint density at radius 1 is 1.06 bits per heavy atom. The highest BCUT2D eigenvalue weighted by molar-refractivity contribution is 6.30. The largest absolute Gasteiger partial charge is 0.440 e. The maximum atomic E-state index is 13.0. The monoisotopic (exact) mass is 451 g/mol. The molecule has 2 heterocycles. The lowest BCUT2D eigenvalue weighted by atomic mass is 9.92. The molecule has 0 bridgehead atoms. The van der Waals surface area contributed by atoms with E-state index in [1.54, 1.807) is 0 Å². The van der Waals surface area contributed by atoms with Crippen molar-refractivity contribution in [3.63, 3.8) is 0 Å². The Labute approximate surface area is 191 Å². The van der Waals surface area contributed by atoms with Crippen molar-refractivity contribution in [2.24, 2.45) is 5.92 Å². The molecule has 1 N–H and O–H groups in total. The van der Waals surface area contributed by atoms with Gasteiger partial charge < -0.3 is 14.6 Å². The first-order chi connectivity index (χ1) is 15.5. The van der Waals surface area contributed by atoms with Crippen molar-refractivity contribution in [1.82, 2.24) is 15.2 Å². The molecule has 7 heteroatoms. The van der Waals surface area contributed by atoms with Gasteiger partial charge in [-0.15, -0.1) is 0 Å². The number of benzene rings is 2. The van der Waals surface area contributed by atoms with Crippen LogP contribution in [0.1, 0.15) is 59.8 Å². The maximum absolute atomic E-state index is 13.0. The van der Waals surface area contributed by atoms with E-state index >= 15 is 0 Å². The standard InChI is InChI=1S/C25H26ClN3O3/c26-20-6-1-17(2-7-20)15-27-23(30)13-16-9-11-29(12-10-16)25(31)19-5-8-22-21(14-19)28-24(32-22)18-3-4-18/h1-2,5-8,14,16,18H,3-4,9-13,15H2,(H,27,30). The zero-order valence-electron chi connectivity index (χ0n) is 17.9. The minimum absolute atomic E-state index is 0.0218. The van der Waals surface area contributed by atoms with Crippen molar-refractivity contribution >= 4 is 34.5 Å². The number of piperidine rings is 1. The first kappa shape index (κ1) is 21.0. The molecule has 0 unspecified atom stereocenters. The highest BCUT2D eigenvalue weighted by atomic mass is 35.5. The molecule has 0 spiro atoms. The number of amides is 2. The van der Waals surface area contributed by atoms with Crippen LogP contribution < -0.4 is 5.32 Å². The first-order valence-corrected chi connectivity index (χ1v) is 11.6. The second-order valence-corrected chi connectivity index (χ2v) is 9.29. The van der Waals surface area contributed by atoms with E-state index in [1.807, 2.05) is 47.4 Å². The van der Waals surface area contributed by atoms with Crippen LogP contribution in [0.25, 0.3) is 11.1 Å². The number of carbonyl (C=O) groups is 2. The number of aromatic nitrogens is 1. The molecule has 1 aromatic heterocycles. The van der Waals surface area contributed by atoms with Crippen LogP contribution in [0.5, 0.6) is 0 Å². The second kappa shape index (κ2) is 8.94. The molecule has 1 saturated heterocycles. The molecule has 0 atom stereocenters. The Morgan fingerprint density at radius 2 is 1.81 bits per heavy atom. The van der Waals surface area contributed by atoms with E-state index in [2.05, 4.69) is 10.3 Å². The average molecular weight is 452 g/mol. The summed E-state index contributed by atoms with van der Waals surface area (Å²) in [6.07, 6.45) is 4.42. The third-order valence-corrected chi connectivity index (χ3v) is 6.61. The van der Waals surface area contributed by atoms with Crippen LogP contribution >= 0.6 is 11.6 Å². The summed E-state index contributed by atoms with van der Waals surface area (Å²) in [4.78, 5) is 31.8. The smallest absolute Gasteiger partial charge is 0.253 e. The number of carbonyl (C=O) groups excluding carboxylic acids is 2. The van der Waals surface area contributed by atoms with Gasteiger partial charge in [-0.1, -0.05) is 23.7 Å². The van der Waals surface area contributed by atoms with Crippen LogP contribution in [0.2, 0.25) is 5.02 Å². The highest BCUT2D eigenvalue weighted by Crippen LogP contribution is 2.40. The van der Waals surface area contributed by atoms with Gasteiger partial charge in [0.15, 0.2) is 11.5 Å². The van der Waals surface area contributed by atoms with Crippen LogP contribution in [-0.4, -0.2) is 34.8 Å². The summed E-state index contributed by atoms with van der Waals surface area (Å²) in [5, 5.41) is 3.66. The minimum atomic E-state index is 0.0218. The van der Waals surface area contributed by atoms with Gasteiger partial charge in [-0.25, -0.2) is 4.98 Å². The summed E-state index contributed by atoms with van der Waals surface area (Å²) >= 11 is 5.89. The van der Waals surface area contributed by atoms with Crippen molar-refractivity contribution in [3.05, 3.63) is 64.5 Å². The number of rotatable bonds is 6. The van der Waals surface area contributed by atoms with Gasteiger partial charge in [-0.3, -0.25) is 9.59 Å². The number of hydrogen-bond acceptors (Lipinski definition) is 4. The van der Waals surface area contributed by atoms with Gasteiger partial charge >= 0.3 is 0 Å². The summed E-state index contributed by atoms with van der Waals surface area (Å²) in [6.45, 7) is 1.83. The fraction of sp³-hybridized carbons (Fsp3) is 0.400. The van der Waals surface area contributed by atoms with Gasteiger partial charge in [0.25, 0.3) is 5.91 Å². The van der Waals surface area contributed by atoms with Crippen molar-refractivity contribution < 1.29 is 14.0 Å². The Balaban J connectivity index is 1.11. The average Bonchev–Trinajstić information content (AvgIpc) is 3.57. The zero-order chi connectivity index (χ0) is 22.1. The van der Waals surface area contributed by atoms with Crippen molar-refractivity contribution in [1.29, 1.82) is 0 Å². The van der Waals surface area contributed by atoms with Crippen molar-refractivity contribution in [2.75, 3.05) is 13.1 Å². The fourth-order valence-corrected chi connectivity index (χ4v) is 4.37. The molecule has 5 rings (SSSR count). The molecule has 3 aromatic rings. The van der Waals surface area contributed by atoms with Crippen LogP contribution in [-0.2, 0) is 11.3 Å². The molecular formula is C25H26ClN3O3. The lowest BCUT2D eigenvalue weighted by Crippen LogP contribution is -2.39. The van der Waals surface area contributed by atoms with E-state index in [4.69, 9.17) is 16.0 Å². The van der Waals surface area contributed by atoms with Crippen LogP contribution in [0.3, 0.4) is 0 Å². The van der Waals surface area contributed by atoms with Gasteiger partial charge in [-0.05, 0) is 67.5 Å². The van der Waals surface area contributed by atoms with Crippen LogP contribution in [0.4, 0.5) is 0 Å². The fourth-order valence-electron chi connectivity index (χ4n) is 4.24. The molecule has 2 aromatic carbocycles. The van der Waals surface area contributed by atoms with Crippen LogP contribution in [0, 0.1) is 5.92 Å². The predicted molar refractivity (Wildman–Crippen MR) is 123 cm³/mol. The quantitative estimate of drug-likeness (QED) is 0.577. The molecular weight excluding hydrogens is 426 g/mol. The summed E-state index contributed by atoms with van der Waals surface area (Å²) < 4.78 is 5.80. The summed E-state index contributed by atoms with van der Waals surface area (Å²) in [6, 6.07) is 13.0. The molecule has 1 aliphatic carbocycles. The van der Waals surface area contributed by atoms with E-state index in [0.29, 0.717) is 48.5 Å². The Hall–Kier alpha value is -2.86. The number of likely N-dealkylation sites (tertiary alicyclic amines) is 1. The molecule has 166 valence electrons. The lowest BCUT2D eigenvalue weighted by Gasteiger charge is -2.31. The van der Waals surface area contributed by atoms with Crippen LogP contribution in [0.15, 0.2) is 46.9 Å². The topological polar surface area (TPSA) is 75.4 Å². The maximum Gasteiger partial charge on any atom is 0.253 e. The van der Waals surface area contributed by atoms with Gasteiger partial charge in [0.2, 0.25) is 5.91 Å². The van der Waals surface area contributed by atoms with E-state index in [0.717, 1.165) is 48.2 Å². The molecule has 2 fully saturated rings. The number of hydrogen-bond donors (Lipinski definition) is 1. The Bertz CT molecular complexity index is 1130. The predicted octanol–water partition coefficient (Wildman–Crippen LogP) is 4.92. The SMILES string of the molecule is O=C(CC1CCN(C(=O)c2ccc3oc(C4CC4)nc3c2)CC1)NCc1ccc(Cl)cc1. The van der Waals surface area contributed by atoms with E-state index in [1.165, 1.54) is 0 Å². The number of nitrogens with one attached hydrogen (secondary N) is 1. The highest BCUT2D eigenvalue weighted by Gasteiger charge is 2.29. The molecule has 6 nitrogen and oxygen atoms in total. The van der Waals surface area contributed by atoms with Gasteiger partial charge in [0, 0.05) is 42.6 Å². The number of oxazole rings is 1. The first-order valence-electron chi connectivity index (χ1n) is 11.3. The van der Waals surface area contributed by atoms with Crippen molar-refractivity contribution in [3.8, 4) is 0 Å². The molecule has 1 aliphatic heterocycles. The molecule has 0 radical (unpaired) electrons. The lowest BCUT2D eigenvalue weighted by molar-refractivity contribution is -0.122. The summed E-state index contributed by atoms with van der Waals surface area (Å²) in [5.41, 5.74) is 3.17. The molecule has 2 amide bonds. The Kier molecular flexibility index (Phi) is 5.87. The van der Waals surface area contributed by atoms with Crippen molar-refractivity contribution in [2.45, 2.75) is 44.6 Å². The third-order valence-electron chi connectivity index (χ3n) is 6.36. The van der Waals surface area contributed by atoms with E-state index < -0.39 is 0 Å². The third kappa shape index (κ3) is 4.80. The second-order valence-electron chi connectivity index (χ2n) is 8.85. The van der Waals surface area contributed by atoms with E-state index in [9.17, 15) is 9.59 Å². The number of nitrogens with zero attached hydrogens (tertiary/aromatic N) is 2. The van der Waals surface area contributed by atoms with E-state index in [-0.39, 0.29) is 11.8 Å². The normalized spacial score (nSPS) is 17.0. The van der Waals surface area contributed by atoms with Gasteiger partial charge in [-0.2, -0.15) is 0 Å². The van der Waals surface area contributed by atoms with Gasteiger partial charge in [0.1, 0.15) is 5.52 Å². The number of halogens is 1. The molecule has 2 aliphatic rings. The van der Waals surface area contributed by atoms with Gasteiger partial charge in [0.05, 0.1) is 0 Å². The molecule has 1 saturated carbocycles. The number of fused-ring (bicyclic) bond motifs is 1. The Morgan fingerprint density at radius 3 is 2.53 bits per heavy atom. The molecule has 32 heavy (non-hydrogen) atoms. The summed E-state index contributed by atoms with van der Waals surface area (Å²) in [7, 11) is 0. The minimum Gasteiger partial charge on any atom is -0.440 e. The summed E-state index contributed by atoms with van der Waals surface area (Å²) in [5.74, 6) is 1.60.